The molecule has 0 aliphatic carbocycles. The van der Waals surface area contributed by atoms with Gasteiger partial charge in [-0.3, -0.25) is 0 Å². The van der Waals surface area contributed by atoms with Crippen molar-refractivity contribution in [2.75, 3.05) is 13.1 Å². The van der Waals surface area contributed by atoms with Crippen molar-refractivity contribution in [2.45, 2.75) is 38.2 Å². The Morgan fingerprint density at radius 2 is 1.86 bits per heavy atom. The molecular weight excluding hydrogens is 383 g/mol. The Kier molecular flexibility index (Phi) is 6.33. The second-order valence-corrected chi connectivity index (χ2v) is 6.41. The van der Waals surface area contributed by atoms with Crippen LogP contribution in [0, 0.1) is 0 Å². The van der Waals surface area contributed by atoms with Gasteiger partial charge in [0.15, 0.2) is 0 Å². The Bertz CT molecular complexity index is 792. The van der Waals surface area contributed by atoms with E-state index < -0.39 is 24.1 Å². The van der Waals surface area contributed by atoms with Gasteiger partial charge in [-0.25, -0.2) is 4.98 Å². The Hall–Kier alpha value is -2.42. The number of ether oxygens (including phenoxy) is 2. The van der Waals surface area contributed by atoms with Gasteiger partial charge in [-0.1, -0.05) is 12.1 Å². The van der Waals surface area contributed by atoms with Crippen molar-refractivity contribution in [3.8, 4) is 11.6 Å². The summed E-state index contributed by atoms with van der Waals surface area (Å²) in [6.45, 7) is -1.69. The van der Waals surface area contributed by atoms with E-state index in [0.717, 1.165) is 43.8 Å². The maximum absolute atomic E-state index is 12.8. The number of hydrogen-bond acceptors (Lipinski definition) is 4. The molecule has 9 heteroatoms. The molecule has 152 valence electrons. The summed E-state index contributed by atoms with van der Waals surface area (Å²) in [6.07, 6.45) is -2.77. The van der Waals surface area contributed by atoms with E-state index in [-0.39, 0.29) is 18.1 Å². The molecule has 1 fully saturated rings. The summed E-state index contributed by atoms with van der Waals surface area (Å²) in [7, 11) is 0. The van der Waals surface area contributed by atoms with E-state index in [4.69, 9.17) is 4.74 Å². The smallest absolute Gasteiger partial charge is 0.416 e. The van der Waals surface area contributed by atoms with Crippen LogP contribution in [0.2, 0.25) is 0 Å². The molecule has 0 bridgehead atoms. The molecule has 1 aliphatic heterocycles. The second kappa shape index (κ2) is 8.72. The quantitative estimate of drug-likeness (QED) is 0.709. The second-order valence-electron chi connectivity index (χ2n) is 6.41. The summed E-state index contributed by atoms with van der Waals surface area (Å²) in [5.74, 6) is 0.00635. The molecule has 0 atom stereocenters. The number of halogens is 5. The van der Waals surface area contributed by atoms with E-state index in [1.165, 1.54) is 0 Å². The number of pyridine rings is 1. The van der Waals surface area contributed by atoms with E-state index >= 15 is 0 Å². The lowest BCUT2D eigenvalue weighted by atomic mass is 9.94. The van der Waals surface area contributed by atoms with Crippen molar-refractivity contribution in [1.82, 2.24) is 10.3 Å². The number of piperidine rings is 1. The molecule has 0 amide bonds. The van der Waals surface area contributed by atoms with E-state index in [2.05, 4.69) is 15.0 Å². The van der Waals surface area contributed by atoms with Gasteiger partial charge >= 0.3 is 12.8 Å². The fourth-order valence-electron chi connectivity index (χ4n) is 3.06. The van der Waals surface area contributed by atoms with Crippen LogP contribution in [0.4, 0.5) is 22.0 Å². The van der Waals surface area contributed by atoms with Crippen molar-refractivity contribution >= 4 is 0 Å². The highest BCUT2D eigenvalue weighted by atomic mass is 19.4. The zero-order valence-electron chi connectivity index (χ0n) is 14.8. The predicted octanol–water partition coefficient (Wildman–Crippen LogP) is 4.75. The highest BCUT2D eigenvalue weighted by Gasteiger charge is 2.31. The van der Waals surface area contributed by atoms with Gasteiger partial charge in [0.2, 0.25) is 5.88 Å². The Morgan fingerprint density at radius 1 is 1.11 bits per heavy atom. The number of nitrogens with one attached hydrogen (secondary N) is 1. The lowest BCUT2D eigenvalue weighted by Gasteiger charge is -2.22. The van der Waals surface area contributed by atoms with E-state index in [0.29, 0.717) is 12.0 Å². The number of benzene rings is 1. The van der Waals surface area contributed by atoms with Crippen molar-refractivity contribution in [1.29, 1.82) is 0 Å². The van der Waals surface area contributed by atoms with Crippen LogP contribution in [0.5, 0.6) is 11.6 Å². The first-order valence-electron chi connectivity index (χ1n) is 8.78. The normalized spacial score (nSPS) is 15.6. The first kappa shape index (κ1) is 20.3. The van der Waals surface area contributed by atoms with Gasteiger partial charge < -0.3 is 14.8 Å². The molecule has 0 saturated carbocycles. The molecule has 1 aromatic heterocycles. The number of nitrogens with zero attached hydrogens (tertiary/aromatic N) is 1. The van der Waals surface area contributed by atoms with Gasteiger partial charge in [0.1, 0.15) is 12.4 Å². The molecule has 1 aliphatic rings. The molecule has 0 radical (unpaired) electrons. The maximum Gasteiger partial charge on any atom is 0.416 e. The lowest BCUT2D eigenvalue weighted by molar-refractivity contribution is -0.138. The molecule has 1 saturated heterocycles. The van der Waals surface area contributed by atoms with Crippen molar-refractivity contribution in [3.63, 3.8) is 0 Å². The third-order valence-corrected chi connectivity index (χ3v) is 4.49. The number of alkyl halides is 5. The van der Waals surface area contributed by atoms with E-state index in [9.17, 15) is 22.0 Å². The monoisotopic (exact) mass is 402 g/mol. The van der Waals surface area contributed by atoms with Crippen molar-refractivity contribution in [3.05, 3.63) is 53.2 Å². The van der Waals surface area contributed by atoms with Crippen molar-refractivity contribution in [2.24, 2.45) is 0 Å². The highest BCUT2D eigenvalue weighted by Crippen LogP contribution is 2.34. The zero-order chi connectivity index (χ0) is 20.1. The highest BCUT2D eigenvalue weighted by molar-refractivity contribution is 5.38. The first-order valence-corrected chi connectivity index (χ1v) is 8.78. The SMILES string of the molecule is FC(F)Oc1cc(C(F)(F)F)ccc1COc1cccc(C2CCNCC2)n1. The summed E-state index contributed by atoms with van der Waals surface area (Å²) in [4.78, 5) is 4.44. The average molecular weight is 402 g/mol. The summed E-state index contributed by atoms with van der Waals surface area (Å²) >= 11 is 0. The topological polar surface area (TPSA) is 43.4 Å². The Morgan fingerprint density at radius 3 is 2.54 bits per heavy atom. The van der Waals surface area contributed by atoms with Crippen LogP contribution in [0.25, 0.3) is 0 Å². The fraction of sp³-hybridized carbons (Fsp3) is 0.421. The average Bonchev–Trinajstić information content (AvgIpc) is 2.67. The van der Waals surface area contributed by atoms with E-state index in [1.807, 2.05) is 6.07 Å². The summed E-state index contributed by atoms with van der Waals surface area (Å²) in [6, 6.07) is 7.70. The fourth-order valence-corrected chi connectivity index (χ4v) is 3.06. The molecule has 4 nitrogen and oxygen atoms in total. The molecule has 0 unspecified atom stereocenters. The summed E-state index contributed by atoms with van der Waals surface area (Å²) in [5.41, 5.74) is -0.129. The van der Waals surface area contributed by atoms with Crippen molar-refractivity contribution < 1.29 is 31.4 Å². The largest absolute Gasteiger partial charge is 0.473 e. The van der Waals surface area contributed by atoms with Gasteiger partial charge in [-0.2, -0.15) is 22.0 Å². The van der Waals surface area contributed by atoms with Gasteiger partial charge in [-0.05, 0) is 44.1 Å². The molecule has 2 aromatic rings. The minimum absolute atomic E-state index is 0.0716. The van der Waals surface area contributed by atoms with Gasteiger partial charge in [0.25, 0.3) is 0 Å². The molecular formula is C19H19F5N2O2. The number of aromatic nitrogens is 1. The van der Waals surface area contributed by atoms with Gasteiger partial charge in [0.05, 0.1) is 5.56 Å². The number of hydrogen-bond donors (Lipinski definition) is 1. The first-order chi connectivity index (χ1) is 13.3. The van der Waals surface area contributed by atoms with Crippen LogP contribution in [-0.2, 0) is 12.8 Å². The van der Waals surface area contributed by atoms with Crippen LogP contribution in [0.3, 0.4) is 0 Å². The summed E-state index contributed by atoms with van der Waals surface area (Å²) in [5, 5.41) is 3.27. The van der Waals surface area contributed by atoms with Crippen LogP contribution in [-0.4, -0.2) is 24.7 Å². The summed E-state index contributed by atoms with van der Waals surface area (Å²) < 4.78 is 73.4. The predicted molar refractivity (Wildman–Crippen MR) is 91.5 cm³/mol. The Labute approximate surface area is 158 Å². The molecule has 1 N–H and O–H groups in total. The van der Waals surface area contributed by atoms with Crippen LogP contribution in [0.15, 0.2) is 36.4 Å². The van der Waals surface area contributed by atoms with Crippen LogP contribution >= 0.6 is 0 Å². The Balaban J connectivity index is 1.74. The lowest BCUT2D eigenvalue weighted by Crippen LogP contribution is -2.27. The zero-order valence-corrected chi connectivity index (χ0v) is 14.8. The van der Waals surface area contributed by atoms with Gasteiger partial charge in [-0.15, -0.1) is 0 Å². The van der Waals surface area contributed by atoms with Crippen LogP contribution in [0.1, 0.15) is 35.6 Å². The molecule has 0 spiro atoms. The third-order valence-electron chi connectivity index (χ3n) is 4.49. The molecule has 3 rings (SSSR count). The molecule has 28 heavy (non-hydrogen) atoms. The number of rotatable bonds is 6. The maximum atomic E-state index is 12.8. The van der Waals surface area contributed by atoms with Gasteiger partial charge in [0, 0.05) is 23.2 Å². The van der Waals surface area contributed by atoms with Crippen LogP contribution < -0.4 is 14.8 Å². The third kappa shape index (κ3) is 5.31. The standard InChI is InChI=1S/C19H19F5N2O2/c20-18(21)28-16-10-14(19(22,23)24)5-4-13(16)11-27-17-3-1-2-15(26-17)12-6-8-25-9-7-12/h1-5,10,12,18,25H,6-9,11H2. The minimum atomic E-state index is -4.66. The molecule has 1 aromatic carbocycles. The minimum Gasteiger partial charge on any atom is -0.473 e. The molecule has 2 heterocycles. The van der Waals surface area contributed by atoms with E-state index in [1.54, 1.807) is 12.1 Å².